The fourth-order valence-corrected chi connectivity index (χ4v) is 4.92. The maximum absolute atomic E-state index is 8.86. The first-order chi connectivity index (χ1) is 8.86. The van der Waals surface area contributed by atoms with Gasteiger partial charge in [-0.05, 0) is 0 Å². The van der Waals surface area contributed by atoms with Gasteiger partial charge in [0.05, 0.1) is 0 Å². The Bertz CT molecular complexity index is 347. The van der Waals surface area contributed by atoms with Gasteiger partial charge in [-0.3, -0.25) is 0 Å². The molecule has 1 rings (SSSR count). The minimum absolute atomic E-state index is 0.514. The van der Waals surface area contributed by atoms with Gasteiger partial charge in [0.1, 0.15) is 0 Å². The summed E-state index contributed by atoms with van der Waals surface area (Å²) in [6.45, 7) is 2.24. The van der Waals surface area contributed by atoms with E-state index < -0.39 is 0 Å². The van der Waals surface area contributed by atoms with Crippen LogP contribution in [0.15, 0.2) is 30.3 Å². The molecule has 0 N–H and O–H groups in total. The second-order valence-corrected chi connectivity index (χ2v) is 7.68. The van der Waals surface area contributed by atoms with Crippen molar-refractivity contribution in [1.82, 2.24) is 0 Å². The SMILES string of the molecule is CCCCCCC(C[Se]c1ccccc1)SC#N. The number of unbranched alkanes of at least 4 members (excludes halogenated alkanes) is 3. The summed E-state index contributed by atoms with van der Waals surface area (Å²) in [6, 6.07) is 10.7. The molecule has 1 aromatic rings. The Morgan fingerprint density at radius 2 is 2.00 bits per heavy atom. The third-order valence-corrected chi connectivity index (χ3v) is 6.56. The van der Waals surface area contributed by atoms with Gasteiger partial charge in [0.15, 0.2) is 0 Å². The summed E-state index contributed by atoms with van der Waals surface area (Å²) < 4.78 is 1.45. The molecule has 0 heterocycles. The standard InChI is InChI=1S/C15H21NSSe/c1-2-3-4-6-9-14(17-13-16)12-18-15-10-7-5-8-11-15/h5,7-8,10-11,14H,2-4,6,9,12H2,1H3. The number of thioether (sulfide) groups is 1. The average molecular weight is 326 g/mol. The van der Waals surface area contributed by atoms with Crippen LogP contribution in [-0.4, -0.2) is 20.2 Å². The van der Waals surface area contributed by atoms with Crippen LogP contribution in [0.25, 0.3) is 0 Å². The van der Waals surface area contributed by atoms with Gasteiger partial charge in [-0.15, -0.1) is 0 Å². The van der Waals surface area contributed by atoms with Crippen LogP contribution in [-0.2, 0) is 0 Å². The van der Waals surface area contributed by atoms with Gasteiger partial charge in [-0.25, -0.2) is 0 Å². The molecule has 3 heteroatoms. The summed E-state index contributed by atoms with van der Waals surface area (Å²) in [5.41, 5.74) is 0. The summed E-state index contributed by atoms with van der Waals surface area (Å²) in [5, 5.41) is 12.8. The Morgan fingerprint density at radius 3 is 2.67 bits per heavy atom. The zero-order valence-electron chi connectivity index (χ0n) is 11.0. The number of rotatable bonds is 9. The van der Waals surface area contributed by atoms with Crippen molar-refractivity contribution in [3.8, 4) is 5.40 Å². The minimum atomic E-state index is 0.514. The Balaban J connectivity index is 2.27. The molecule has 0 fully saturated rings. The van der Waals surface area contributed by atoms with Gasteiger partial charge in [0.25, 0.3) is 0 Å². The molecular weight excluding hydrogens is 305 g/mol. The number of hydrogen-bond donors (Lipinski definition) is 0. The molecule has 0 saturated carbocycles. The zero-order valence-corrected chi connectivity index (χ0v) is 13.5. The van der Waals surface area contributed by atoms with Crippen molar-refractivity contribution in [1.29, 1.82) is 5.26 Å². The van der Waals surface area contributed by atoms with Gasteiger partial charge >= 0.3 is 122 Å². The van der Waals surface area contributed by atoms with Crippen LogP contribution in [0.2, 0.25) is 5.32 Å². The summed E-state index contributed by atoms with van der Waals surface area (Å²) in [6.07, 6.45) is 6.40. The van der Waals surface area contributed by atoms with E-state index in [-0.39, 0.29) is 0 Å². The van der Waals surface area contributed by atoms with E-state index in [4.69, 9.17) is 5.26 Å². The molecule has 0 spiro atoms. The van der Waals surface area contributed by atoms with Crippen molar-refractivity contribution in [2.75, 3.05) is 0 Å². The summed E-state index contributed by atoms with van der Waals surface area (Å²) in [5.74, 6) is 0. The average Bonchev–Trinajstić information content (AvgIpc) is 2.42. The van der Waals surface area contributed by atoms with E-state index in [0.717, 1.165) is 0 Å². The molecule has 18 heavy (non-hydrogen) atoms. The molecule has 0 aliphatic carbocycles. The fraction of sp³-hybridized carbons (Fsp3) is 0.533. The summed E-state index contributed by atoms with van der Waals surface area (Å²) in [4.78, 5) is 0. The summed E-state index contributed by atoms with van der Waals surface area (Å²) >= 11 is 1.99. The predicted octanol–water partition coefficient (Wildman–Crippen LogP) is 3.99. The first-order valence-corrected chi connectivity index (χ1v) is 9.54. The van der Waals surface area contributed by atoms with E-state index in [1.807, 2.05) is 0 Å². The van der Waals surface area contributed by atoms with E-state index in [0.29, 0.717) is 20.2 Å². The predicted molar refractivity (Wildman–Crippen MR) is 82.4 cm³/mol. The summed E-state index contributed by atoms with van der Waals surface area (Å²) in [7, 11) is 0. The van der Waals surface area contributed by atoms with E-state index in [2.05, 4.69) is 42.7 Å². The van der Waals surface area contributed by atoms with Crippen LogP contribution < -0.4 is 4.46 Å². The molecule has 98 valence electrons. The van der Waals surface area contributed by atoms with Crippen molar-refractivity contribution >= 4 is 31.2 Å². The molecule has 0 aromatic heterocycles. The second kappa shape index (κ2) is 10.5. The molecule has 0 aliphatic rings. The van der Waals surface area contributed by atoms with Gasteiger partial charge < -0.3 is 0 Å². The Labute approximate surface area is 122 Å². The molecule has 0 amide bonds. The first kappa shape index (κ1) is 15.6. The van der Waals surface area contributed by atoms with Crippen LogP contribution in [0.3, 0.4) is 0 Å². The third kappa shape index (κ3) is 7.11. The van der Waals surface area contributed by atoms with Gasteiger partial charge in [0, 0.05) is 0 Å². The molecule has 0 bridgehead atoms. The first-order valence-electron chi connectivity index (χ1n) is 6.59. The number of nitrogens with zero attached hydrogens (tertiary/aromatic N) is 1. The number of hydrogen-bond acceptors (Lipinski definition) is 2. The zero-order chi connectivity index (χ0) is 13.1. The van der Waals surface area contributed by atoms with Gasteiger partial charge in [0.2, 0.25) is 0 Å². The van der Waals surface area contributed by atoms with E-state index in [9.17, 15) is 0 Å². The Morgan fingerprint density at radius 1 is 1.22 bits per heavy atom. The van der Waals surface area contributed by atoms with Crippen LogP contribution in [0, 0.1) is 10.7 Å². The quantitative estimate of drug-likeness (QED) is 0.389. The van der Waals surface area contributed by atoms with Crippen molar-refractivity contribution in [3.05, 3.63) is 30.3 Å². The van der Waals surface area contributed by atoms with Crippen molar-refractivity contribution in [2.24, 2.45) is 0 Å². The monoisotopic (exact) mass is 327 g/mol. The van der Waals surface area contributed by atoms with Crippen molar-refractivity contribution in [2.45, 2.75) is 49.6 Å². The van der Waals surface area contributed by atoms with Gasteiger partial charge in [-0.2, -0.15) is 0 Å². The number of thiocyanates is 1. The topological polar surface area (TPSA) is 23.8 Å². The Kier molecular flexibility index (Phi) is 9.12. The molecule has 1 atom stereocenters. The molecule has 0 aliphatic heterocycles. The Hall–Kier alpha value is -0.421. The molecule has 0 saturated heterocycles. The second-order valence-electron chi connectivity index (χ2n) is 4.30. The maximum atomic E-state index is 8.86. The molecule has 1 aromatic carbocycles. The van der Waals surface area contributed by atoms with Crippen LogP contribution in [0.4, 0.5) is 0 Å². The number of nitriles is 1. The van der Waals surface area contributed by atoms with Crippen LogP contribution in [0.5, 0.6) is 0 Å². The third-order valence-electron chi connectivity index (χ3n) is 2.78. The molecule has 1 nitrogen and oxygen atoms in total. The van der Waals surface area contributed by atoms with Crippen LogP contribution in [0.1, 0.15) is 39.0 Å². The number of benzene rings is 1. The van der Waals surface area contributed by atoms with Crippen molar-refractivity contribution in [3.63, 3.8) is 0 Å². The molecular formula is C15H21NSSe. The van der Waals surface area contributed by atoms with E-state index in [1.165, 1.54) is 53.6 Å². The van der Waals surface area contributed by atoms with Gasteiger partial charge in [-0.1, -0.05) is 0 Å². The van der Waals surface area contributed by atoms with E-state index >= 15 is 0 Å². The fourth-order valence-electron chi connectivity index (χ4n) is 1.76. The normalized spacial score (nSPS) is 12.0. The van der Waals surface area contributed by atoms with Crippen molar-refractivity contribution < 1.29 is 0 Å². The molecule has 1 unspecified atom stereocenters. The van der Waals surface area contributed by atoms with E-state index in [1.54, 1.807) is 0 Å². The molecule has 0 radical (unpaired) electrons. The van der Waals surface area contributed by atoms with Crippen LogP contribution >= 0.6 is 11.8 Å².